The van der Waals surface area contributed by atoms with Gasteiger partial charge in [0.2, 0.25) is 0 Å². The average molecular weight is 381 g/mol. The summed E-state index contributed by atoms with van der Waals surface area (Å²) >= 11 is 0. The summed E-state index contributed by atoms with van der Waals surface area (Å²) in [4.78, 5) is 32.9. The van der Waals surface area contributed by atoms with E-state index in [9.17, 15) is 9.59 Å². The van der Waals surface area contributed by atoms with Gasteiger partial charge in [-0.2, -0.15) is 5.10 Å². The number of aromatic amines is 1. The Morgan fingerprint density at radius 2 is 1.86 bits per heavy atom. The van der Waals surface area contributed by atoms with Crippen molar-refractivity contribution >= 4 is 5.91 Å². The second-order valence-corrected chi connectivity index (χ2v) is 9.31. The van der Waals surface area contributed by atoms with E-state index in [1.54, 1.807) is 10.9 Å². The maximum Gasteiger partial charge on any atom is 0.263 e. The number of aryl methyl sites for hydroxylation is 1. The Hall–Kier alpha value is -2.44. The molecule has 0 unspecified atom stereocenters. The third-order valence-electron chi connectivity index (χ3n) is 7.16. The molecule has 7 nitrogen and oxygen atoms in total. The summed E-state index contributed by atoms with van der Waals surface area (Å²) in [6.07, 6.45) is 12.5. The first-order chi connectivity index (χ1) is 13.4. The van der Waals surface area contributed by atoms with Gasteiger partial charge in [-0.05, 0) is 63.2 Å². The van der Waals surface area contributed by atoms with Crippen LogP contribution in [0.3, 0.4) is 0 Å². The van der Waals surface area contributed by atoms with Crippen LogP contribution in [0.1, 0.15) is 73.2 Å². The fraction of sp³-hybridized carbons (Fsp3) is 0.619. The van der Waals surface area contributed by atoms with Crippen molar-refractivity contribution in [3.05, 3.63) is 45.9 Å². The zero-order chi connectivity index (χ0) is 19.5. The quantitative estimate of drug-likeness (QED) is 0.851. The van der Waals surface area contributed by atoms with Gasteiger partial charge >= 0.3 is 0 Å². The SMILES string of the molecule is C[C@@H](NC(=O)c1cnc(C23CC4CC(CC(C4)C2)C3)[nH]c1=O)c1cnn(C)c1. The highest BCUT2D eigenvalue weighted by molar-refractivity contribution is 5.93. The lowest BCUT2D eigenvalue weighted by Gasteiger charge is -2.56. The van der Waals surface area contributed by atoms with E-state index < -0.39 is 5.91 Å². The molecule has 4 aliphatic rings. The Morgan fingerprint density at radius 3 is 2.39 bits per heavy atom. The first kappa shape index (κ1) is 17.6. The topological polar surface area (TPSA) is 92.7 Å². The Kier molecular flexibility index (Phi) is 3.96. The summed E-state index contributed by atoms with van der Waals surface area (Å²) in [5.41, 5.74) is 0.651. The molecule has 1 atom stereocenters. The molecule has 0 radical (unpaired) electrons. The summed E-state index contributed by atoms with van der Waals surface area (Å²) in [7, 11) is 1.83. The summed E-state index contributed by atoms with van der Waals surface area (Å²) < 4.78 is 1.69. The van der Waals surface area contributed by atoms with Crippen LogP contribution in [0, 0.1) is 17.8 Å². The lowest BCUT2D eigenvalue weighted by atomic mass is 9.49. The van der Waals surface area contributed by atoms with Crippen LogP contribution in [-0.2, 0) is 12.5 Å². The Labute approximate surface area is 163 Å². The van der Waals surface area contributed by atoms with Gasteiger partial charge in [0.1, 0.15) is 11.4 Å². The molecule has 4 bridgehead atoms. The van der Waals surface area contributed by atoms with Gasteiger partial charge in [0.05, 0.1) is 12.2 Å². The van der Waals surface area contributed by atoms with Gasteiger partial charge < -0.3 is 10.3 Å². The molecule has 2 N–H and O–H groups in total. The molecule has 0 spiro atoms. The minimum Gasteiger partial charge on any atom is -0.345 e. The van der Waals surface area contributed by atoms with Crippen molar-refractivity contribution in [2.75, 3.05) is 0 Å². The molecule has 4 aliphatic carbocycles. The van der Waals surface area contributed by atoms with E-state index in [4.69, 9.17) is 0 Å². The minimum atomic E-state index is -0.401. The number of hydrogen-bond acceptors (Lipinski definition) is 4. The molecular weight excluding hydrogens is 354 g/mol. The number of rotatable bonds is 4. The zero-order valence-electron chi connectivity index (χ0n) is 16.4. The fourth-order valence-corrected chi connectivity index (χ4v) is 6.25. The molecule has 0 saturated heterocycles. The highest BCUT2D eigenvalue weighted by Crippen LogP contribution is 2.59. The smallest absolute Gasteiger partial charge is 0.263 e. The summed E-state index contributed by atoms with van der Waals surface area (Å²) in [6.45, 7) is 1.88. The molecule has 6 rings (SSSR count). The van der Waals surface area contributed by atoms with Crippen LogP contribution >= 0.6 is 0 Å². The summed E-state index contributed by atoms with van der Waals surface area (Å²) in [5.74, 6) is 2.73. The van der Waals surface area contributed by atoms with Crippen molar-refractivity contribution in [2.24, 2.45) is 24.8 Å². The van der Waals surface area contributed by atoms with E-state index >= 15 is 0 Å². The lowest BCUT2D eigenvalue weighted by Crippen LogP contribution is -2.50. The monoisotopic (exact) mass is 381 g/mol. The molecule has 4 fully saturated rings. The third kappa shape index (κ3) is 2.88. The first-order valence-electron chi connectivity index (χ1n) is 10.3. The highest BCUT2D eigenvalue weighted by Gasteiger charge is 2.52. The van der Waals surface area contributed by atoms with Crippen LogP contribution in [0.4, 0.5) is 0 Å². The van der Waals surface area contributed by atoms with Crippen LogP contribution in [-0.4, -0.2) is 25.7 Å². The molecule has 28 heavy (non-hydrogen) atoms. The number of aromatic nitrogens is 4. The molecule has 2 aromatic rings. The molecule has 2 aromatic heterocycles. The van der Waals surface area contributed by atoms with Crippen LogP contribution < -0.4 is 10.9 Å². The highest BCUT2D eigenvalue weighted by atomic mass is 16.2. The molecule has 148 valence electrons. The number of H-pyrrole nitrogens is 1. The third-order valence-corrected chi connectivity index (χ3v) is 7.16. The molecule has 0 aromatic carbocycles. The van der Waals surface area contributed by atoms with Crippen molar-refractivity contribution in [3.63, 3.8) is 0 Å². The number of nitrogens with one attached hydrogen (secondary N) is 2. The number of carbonyl (C=O) groups excluding carboxylic acids is 1. The fourth-order valence-electron chi connectivity index (χ4n) is 6.25. The predicted octanol–water partition coefficient (Wildman–Crippen LogP) is 2.46. The lowest BCUT2D eigenvalue weighted by molar-refractivity contribution is -0.00954. The second-order valence-electron chi connectivity index (χ2n) is 9.31. The number of hydrogen-bond donors (Lipinski definition) is 2. The van der Waals surface area contributed by atoms with Gasteiger partial charge in [0.25, 0.3) is 11.5 Å². The van der Waals surface area contributed by atoms with Crippen molar-refractivity contribution in [1.29, 1.82) is 0 Å². The van der Waals surface area contributed by atoms with Gasteiger partial charge in [0.15, 0.2) is 0 Å². The van der Waals surface area contributed by atoms with E-state index in [-0.39, 0.29) is 22.6 Å². The van der Waals surface area contributed by atoms with E-state index in [2.05, 4.69) is 20.4 Å². The predicted molar refractivity (Wildman–Crippen MR) is 104 cm³/mol. The van der Waals surface area contributed by atoms with Crippen molar-refractivity contribution in [2.45, 2.75) is 56.9 Å². The second kappa shape index (κ2) is 6.29. The molecule has 1 amide bonds. The molecular formula is C21H27N5O2. The minimum absolute atomic E-state index is 0.0198. The number of nitrogens with zero attached hydrogens (tertiary/aromatic N) is 3. The van der Waals surface area contributed by atoms with E-state index in [0.717, 1.165) is 48.4 Å². The Morgan fingerprint density at radius 1 is 1.21 bits per heavy atom. The first-order valence-corrected chi connectivity index (χ1v) is 10.3. The molecule has 4 saturated carbocycles. The standard InChI is InChI=1S/C21H27N5O2/c1-12(16-9-23-26(2)11-16)24-18(27)17-10-22-20(25-19(17)28)21-6-13-3-14(7-21)5-15(4-13)8-21/h9-15H,3-8H2,1-2H3,(H,24,27)(H,22,25,28)/t12-,13?,14?,15?,21?/m1/s1. The molecule has 7 heteroatoms. The van der Waals surface area contributed by atoms with Crippen molar-refractivity contribution in [3.8, 4) is 0 Å². The van der Waals surface area contributed by atoms with Crippen molar-refractivity contribution < 1.29 is 4.79 Å². The summed E-state index contributed by atoms with van der Waals surface area (Å²) in [5, 5.41) is 6.99. The largest absolute Gasteiger partial charge is 0.345 e. The maximum atomic E-state index is 12.7. The van der Waals surface area contributed by atoms with Crippen LogP contribution in [0.15, 0.2) is 23.4 Å². The van der Waals surface area contributed by atoms with Gasteiger partial charge in [0, 0.05) is 30.4 Å². The number of carbonyl (C=O) groups is 1. The molecule has 2 heterocycles. The van der Waals surface area contributed by atoms with Gasteiger partial charge in [-0.15, -0.1) is 0 Å². The maximum absolute atomic E-state index is 12.7. The van der Waals surface area contributed by atoms with Crippen LogP contribution in [0.25, 0.3) is 0 Å². The summed E-state index contributed by atoms with van der Waals surface area (Å²) in [6, 6.07) is -0.233. The average Bonchev–Trinajstić information content (AvgIpc) is 3.07. The van der Waals surface area contributed by atoms with Crippen LogP contribution in [0.2, 0.25) is 0 Å². The van der Waals surface area contributed by atoms with Gasteiger partial charge in [-0.25, -0.2) is 4.98 Å². The number of amides is 1. The Balaban J connectivity index is 1.37. The van der Waals surface area contributed by atoms with E-state index in [1.807, 2.05) is 20.2 Å². The zero-order valence-corrected chi connectivity index (χ0v) is 16.4. The van der Waals surface area contributed by atoms with Crippen LogP contribution in [0.5, 0.6) is 0 Å². The van der Waals surface area contributed by atoms with E-state index in [0.29, 0.717) is 0 Å². The van der Waals surface area contributed by atoms with Gasteiger partial charge in [-0.3, -0.25) is 14.3 Å². The van der Waals surface area contributed by atoms with Crippen molar-refractivity contribution in [1.82, 2.24) is 25.1 Å². The Bertz CT molecular complexity index is 940. The molecule has 0 aliphatic heterocycles. The normalized spacial score (nSPS) is 31.7. The van der Waals surface area contributed by atoms with E-state index in [1.165, 1.54) is 25.5 Å². The van der Waals surface area contributed by atoms with Gasteiger partial charge in [-0.1, -0.05) is 0 Å².